The molecule has 8 heteroatoms. The Bertz CT molecular complexity index is 623. The number of hydrogen-bond acceptors (Lipinski definition) is 4. The molecular formula is C16H21N3O5. The summed E-state index contributed by atoms with van der Waals surface area (Å²) in [5.41, 5.74) is 1.09. The number of imide groups is 1. The van der Waals surface area contributed by atoms with Gasteiger partial charge in [-0.15, -0.1) is 0 Å². The van der Waals surface area contributed by atoms with Crippen molar-refractivity contribution in [3.05, 3.63) is 23.4 Å². The highest BCUT2D eigenvalue weighted by Gasteiger charge is 2.36. The maximum Gasteiger partial charge on any atom is 0.328 e. The lowest BCUT2D eigenvalue weighted by atomic mass is 9.99. The molecule has 0 aromatic rings. The fourth-order valence-electron chi connectivity index (χ4n) is 2.74. The molecule has 1 saturated heterocycles. The number of nitrogens with one attached hydrogen (secondary N) is 1. The smallest absolute Gasteiger partial charge is 0.328 e. The fraction of sp³-hybridized carbons (Fsp3) is 0.500. The first-order valence-corrected chi connectivity index (χ1v) is 7.93. The Morgan fingerprint density at radius 1 is 1.17 bits per heavy atom. The lowest BCUT2D eigenvalue weighted by Gasteiger charge is -2.32. The summed E-state index contributed by atoms with van der Waals surface area (Å²) in [6.45, 7) is 2.84. The van der Waals surface area contributed by atoms with Gasteiger partial charge in [0.25, 0.3) is 0 Å². The molecule has 2 aliphatic rings. The summed E-state index contributed by atoms with van der Waals surface area (Å²) in [5, 5.41) is 11.5. The number of aliphatic carboxylic acids is 1. The van der Waals surface area contributed by atoms with Gasteiger partial charge in [-0.25, -0.2) is 4.79 Å². The predicted octanol–water partition coefficient (Wildman–Crippen LogP) is 0.856. The van der Waals surface area contributed by atoms with Crippen molar-refractivity contribution in [1.82, 2.24) is 15.1 Å². The van der Waals surface area contributed by atoms with Crippen LogP contribution in [0.1, 0.15) is 32.6 Å². The summed E-state index contributed by atoms with van der Waals surface area (Å²) >= 11 is 0. The lowest BCUT2D eigenvalue weighted by Crippen LogP contribution is -2.58. The van der Waals surface area contributed by atoms with E-state index in [1.807, 2.05) is 19.1 Å². The molecule has 1 aliphatic carbocycles. The van der Waals surface area contributed by atoms with Gasteiger partial charge in [-0.2, -0.15) is 0 Å². The molecule has 1 heterocycles. The van der Waals surface area contributed by atoms with Gasteiger partial charge in [0, 0.05) is 31.8 Å². The first-order valence-electron chi connectivity index (χ1n) is 7.93. The predicted molar refractivity (Wildman–Crippen MR) is 84.8 cm³/mol. The zero-order valence-corrected chi connectivity index (χ0v) is 13.6. The first-order chi connectivity index (χ1) is 11.4. The second-order valence-corrected chi connectivity index (χ2v) is 5.71. The number of rotatable bonds is 5. The molecule has 2 N–H and O–H groups in total. The van der Waals surface area contributed by atoms with E-state index in [2.05, 4.69) is 5.32 Å². The van der Waals surface area contributed by atoms with Gasteiger partial charge < -0.3 is 15.3 Å². The molecule has 0 atom stereocenters. The molecule has 1 aliphatic heterocycles. The number of allylic oxidation sites excluding steroid dienone is 2. The van der Waals surface area contributed by atoms with Crippen LogP contribution in [0.3, 0.4) is 0 Å². The second kappa shape index (κ2) is 7.76. The monoisotopic (exact) mass is 335 g/mol. The highest BCUT2D eigenvalue weighted by Crippen LogP contribution is 2.21. The maximum absolute atomic E-state index is 12.3. The van der Waals surface area contributed by atoms with Crippen LogP contribution in [-0.2, 0) is 14.4 Å². The van der Waals surface area contributed by atoms with Crippen LogP contribution in [0.2, 0.25) is 0 Å². The lowest BCUT2D eigenvalue weighted by molar-refractivity contribution is -0.153. The summed E-state index contributed by atoms with van der Waals surface area (Å²) < 4.78 is 0. The number of nitrogens with zero attached hydrogens (tertiary/aromatic N) is 2. The van der Waals surface area contributed by atoms with Crippen molar-refractivity contribution < 1.29 is 24.3 Å². The Hall–Kier alpha value is -2.64. The quantitative estimate of drug-likeness (QED) is 0.572. The molecule has 1 fully saturated rings. The number of hydrogen-bond donors (Lipinski definition) is 2. The standard InChI is InChI=1S/C16H21N3O5/c1-2-7-18-8-9-19(15(23)14(18)22)16(24)17-12-6-4-3-5-11(12)10-13(20)21/h3-4H,2,5-10H2,1H3,(H,17,24)(H,20,21). The average Bonchev–Trinajstić information content (AvgIpc) is 2.53. The van der Waals surface area contributed by atoms with Crippen LogP contribution in [0.4, 0.5) is 4.79 Å². The van der Waals surface area contributed by atoms with E-state index >= 15 is 0 Å². The molecule has 0 unspecified atom stereocenters. The molecule has 0 saturated carbocycles. The van der Waals surface area contributed by atoms with Crippen molar-refractivity contribution in [3.63, 3.8) is 0 Å². The van der Waals surface area contributed by atoms with E-state index in [9.17, 15) is 19.2 Å². The van der Waals surface area contributed by atoms with Crippen molar-refractivity contribution in [1.29, 1.82) is 0 Å². The van der Waals surface area contributed by atoms with E-state index in [1.54, 1.807) is 0 Å². The van der Waals surface area contributed by atoms with Crippen molar-refractivity contribution in [2.75, 3.05) is 19.6 Å². The van der Waals surface area contributed by atoms with Gasteiger partial charge in [-0.3, -0.25) is 19.3 Å². The molecule has 0 radical (unpaired) electrons. The summed E-state index contributed by atoms with van der Waals surface area (Å²) in [4.78, 5) is 49.7. The van der Waals surface area contributed by atoms with E-state index in [0.717, 1.165) is 11.3 Å². The first kappa shape index (κ1) is 17.7. The number of piperazine rings is 1. The molecule has 0 bridgehead atoms. The Labute approximate surface area is 139 Å². The molecule has 0 aromatic heterocycles. The summed E-state index contributed by atoms with van der Waals surface area (Å²) in [6, 6.07) is -0.683. The third kappa shape index (κ3) is 4.01. The van der Waals surface area contributed by atoms with Crippen LogP contribution in [-0.4, -0.2) is 58.4 Å². The van der Waals surface area contributed by atoms with Crippen molar-refractivity contribution >= 4 is 23.8 Å². The highest BCUT2D eigenvalue weighted by atomic mass is 16.4. The maximum atomic E-state index is 12.3. The average molecular weight is 335 g/mol. The molecule has 0 aromatic carbocycles. The normalized spacial score (nSPS) is 18.2. The van der Waals surface area contributed by atoms with Crippen molar-refractivity contribution in [3.8, 4) is 0 Å². The molecule has 2 rings (SSSR count). The molecular weight excluding hydrogens is 314 g/mol. The Kier molecular flexibility index (Phi) is 5.73. The van der Waals surface area contributed by atoms with Crippen molar-refractivity contribution in [2.45, 2.75) is 32.6 Å². The fourth-order valence-corrected chi connectivity index (χ4v) is 2.74. The van der Waals surface area contributed by atoms with Crippen LogP contribution >= 0.6 is 0 Å². The third-order valence-corrected chi connectivity index (χ3v) is 3.95. The van der Waals surface area contributed by atoms with Crippen LogP contribution in [0, 0.1) is 0 Å². The molecule has 24 heavy (non-hydrogen) atoms. The van der Waals surface area contributed by atoms with Gasteiger partial charge in [-0.05, 0) is 18.4 Å². The van der Waals surface area contributed by atoms with Gasteiger partial charge in [0.05, 0.1) is 6.42 Å². The van der Waals surface area contributed by atoms with Gasteiger partial charge in [0.2, 0.25) is 0 Å². The summed E-state index contributed by atoms with van der Waals surface area (Å²) in [5.74, 6) is -2.51. The summed E-state index contributed by atoms with van der Waals surface area (Å²) in [6.07, 6.45) is 5.07. The second-order valence-electron chi connectivity index (χ2n) is 5.71. The van der Waals surface area contributed by atoms with E-state index in [0.29, 0.717) is 37.2 Å². The number of urea groups is 1. The van der Waals surface area contributed by atoms with Gasteiger partial charge in [0.15, 0.2) is 0 Å². The van der Waals surface area contributed by atoms with E-state index < -0.39 is 23.8 Å². The summed E-state index contributed by atoms with van der Waals surface area (Å²) in [7, 11) is 0. The number of carboxylic acids is 1. The third-order valence-electron chi connectivity index (χ3n) is 3.95. The van der Waals surface area contributed by atoms with Gasteiger partial charge in [-0.1, -0.05) is 19.1 Å². The zero-order valence-electron chi connectivity index (χ0n) is 13.6. The largest absolute Gasteiger partial charge is 0.481 e. The van der Waals surface area contributed by atoms with E-state index in [1.165, 1.54) is 4.90 Å². The molecule has 4 amide bonds. The highest BCUT2D eigenvalue weighted by molar-refractivity contribution is 6.38. The van der Waals surface area contributed by atoms with Crippen molar-refractivity contribution in [2.24, 2.45) is 0 Å². The topological polar surface area (TPSA) is 107 Å². The Morgan fingerprint density at radius 3 is 2.54 bits per heavy atom. The van der Waals surface area contributed by atoms with Crippen LogP contribution in [0.5, 0.6) is 0 Å². The van der Waals surface area contributed by atoms with E-state index in [-0.39, 0.29) is 13.0 Å². The van der Waals surface area contributed by atoms with Crippen LogP contribution in [0.25, 0.3) is 0 Å². The van der Waals surface area contributed by atoms with E-state index in [4.69, 9.17) is 5.11 Å². The van der Waals surface area contributed by atoms with Gasteiger partial charge >= 0.3 is 23.8 Å². The number of amides is 4. The molecule has 8 nitrogen and oxygen atoms in total. The van der Waals surface area contributed by atoms with Crippen LogP contribution < -0.4 is 5.32 Å². The number of carboxylic acid groups (broad SMARTS) is 1. The SMILES string of the molecule is CCCN1CCN(C(=O)NC2=C(CC(=O)O)CC=CC2)C(=O)C1=O. The molecule has 130 valence electrons. The number of carbonyl (C=O) groups excluding carboxylic acids is 3. The zero-order chi connectivity index (χ0) is 17.7. The minimum absolute atomic E-state index is 0.133. The minimum atomic E-state index is -0.980. The van der Waals surface area contributed by atoms with Crippen LogP contribution in [0.15, 0.2) is 23.4 Å². The Balaban J connectivity index is 2.06. The van der Waals surface area contributed by atoms with Gasteiger partial charge in [0.1, 0.15) is 0 Å². The number of carbonyl (C=O) groups is 4. The Morgan fingerprint density at radius 2 is 1.88 bits per heavy atom. The minimum Gasteiger partial charge on any atom is -0.481 e. The molecule has 0 spiro atoms.